The molecular formula is C16H22N2O5S. The minimum absolute atomic E-state index is 0.0964. The van der Waals surface area contributed by atoms with E-state index < -0.39 is 5.97 Å². The first-order valence-electron chi connectivity index (χ1n) is 7.39. The van der Waals surface area contributed by atoms with E-state index in [2.05, 4.69) is 10.1 Å². The molecule has 8 heteroatoms. The van der Waals surface area contributed by atoms with Crippen molar-refractivity contribution < 1.29 is 24.2 Å². The van der Waals surface area contributed by atoms with Crippen molar-refractivity contribution >= 4 is 35.4 Å². The Morgan fingerprint density at radius 2 is 2.04 bits per heavy atom. The van der Waals surface area contributed by atoms with Crippen molar-refractivity contribution in [3.8, 4) is 0 Å². The smallest absolute Gasteiger partial charge is 0.321 e. The van der Waals surface area contributed by atoms with Crippen molar-refractivity contribution in [2.24, 2.45) is 0 Å². The van der Waals surface area contributed by atoms with Crippen LogP contribution in [-0.2, 0) is 20.1 Å². The van der Waals surface area contributed by atoms with Crippen LogP contribution >= 0.6 is 11.8 Å². The van der Waals surface area contributed by atoms with Gasteiger partial charge in [-0.2, -0.15) is 11.8 Å². The first kappa shape index (κ1) is 19.8. The molecular weight excluding hydrogens is 332 g/mol. The van der Waals surface area contributed by atoms with Gasteiger partial charge in [-0.15, -0.1) is 0 Å². The number of carboxylic acids is 1. The Morgan fingerprint density at radius 1 is 1.29 bits per heavy atom. The van der Waals surface area contributed by atoms with Crippen LogP contribution in [0.3, 0.4) is 0 Å². The van der Waals surface area contributed by atoms with Crippen LogP contribution in [0.15, 0.2) is 24.3 Å². The molecule has 0 radical (unpaired) electrons. The van der Waals surface area contributed by atoms with E-state index in [1.807, 2.05) is 18.2 Å². The maximum atomic E-state index is 12.0. The molecule has 0 atom stereocenters. The fourth-order valence-electron chi connectivity index (χ4n) is 1.77. The molecule has 0 aliphatic heterocycles. The Hall–Kier alpha value is -2.22. The van der Waals surface area contributed by atoms with Gasteiger partial charge in [-0.05, 0) is 17.7 Å². The van der Waals surface area contributed by atoms with Gasteiger partial charge >= 0.3 is 18.0 Å². The first-order valence-corrected chi connectivity index (χ1v) is 8.55. The van der Waals surface area contributed by atoms with E-state index in [0.29, 0.717) is 17.9 Å². The molecule has 2 N–H and O–H groups in total. The van der Waals surface area contributed by atoms with E-state index in [0.717, 1.165) is 11.3 Å². The molecule has 0 saturated heterocycles. The summed E-state index contributed by atoms with van der Waals surface area (Å²) >= 11 is 1.61. The van der Waals surface area contributed by atoms with Gasteiger partial charge in [0.2, 0.25) is 0 Å². The van der Waals surface area contributed by atoms with E-state index in [4.69, 9.17) is 5.11 Å². The molecule has 0 aromatic heterocycles. The van der Waals surface area contributed by atoms with Crippen molar-refractivity contribution in [2.45, 2.75) is 18.6 Å². The summed E-state index contributed by atoms with van der Waals surface area (Å²) in [7, 11) is 2.91. The lowest BCUT2D eigenvalue weighted by molar-refractivity contribution is -0.140. The quantitative estimate of drug-likeness (QED) is 0.522. The Kier molecular flexibility index (Phi) is 8.70. The average Bonchev–Trinajstić information content (AvgIpc) is 2.56. The fraction of sp³-hybridized carbons (Fsp3) is 0.438. The van der Waals surface area contributed by atoms with Gasteiger partial charge in [0.1, 0.15) is 0 Å². The Balaban J connectivity index is 2.45. The zero-order valence-electron chi connectivity index (χ0n) is 13.8. The lowest BCUT2D eigenvalue weighted by atomic mass is 10.2. The third-order valence-electron chi connectivity index (χ3n) is 3.13. The summed E-state index contributed by atoms with van der Waals surface area (Å²) < 4.78 is 4.58. The molecule has 1 aromatic carbocycles. The van der Waals surface area contributed by atoms with Crippen LogP contribution in [0.5, 0.6) is 0 Å². The van der Waals surface area contributed by atoms with Crippen LogP contribution in [0, 0.1) is 0 Å². The minimum atomic E-state index is -0.944. The second kappa shape index (κ2) is 10.5. The molecule has 0 aliphatic rings. The van der Waals surface area contributed by atoms with Crippen molar-refractivity contribution in [1.82, 2.24) is 4.90 Å². The van der Waals surface area contributed by atoms with Crippen LogP contribution in [-0.4, -0.2) is 54.4 Å². The van der Waals surface area contributed by atoms with Crippen LogP contribution in [0.1, 0.15) is 18.4 Å². The SMILES string of the molecule is COC(=O)CCSCc1cccc(NC(=O)N(C)CCC(=O)O)c1. The Bertz CT molecular complexity index is 579. The molecule has 7 nitrogen and oxygen atoms in total. The summed E-state index contributed by atoms with van der Waals surface area (Å²) in [5, 5.41) is 11.4. The number of hydrogen-bond donors (Lipinski definition) is 2. The second-order valence-corrected chi connectivity index (χ2v) is 6.18. The molecule has 132 valence electrons. The van der Waals surface area contributed by atoms with Crippen LogP contribution in [0.4, 0.5) is 10.5 Å². The summed E-state index contributed by atoms with van der Waals surface area (Å²) in [5.74, 6) is 0.213. The van der Waals surface area contributed by atoms with E-state index in [9.17, 15) is 14.4 Å². The normalized spacial score (nSPS) is 10.1. The zero-order chi connectivity index (χ0) is 17.9. The number of rotatable bonds is 9. The van der Waals surface area contributed by atoms with Crippen molar-refractivity contribution in [2.75, 3.05) is 31.8 Å². The maximum absolute atomic E-state index is 12.0. The molecule has 0 fully saturated rings. The van der Waals surface area contributed by atoms with Gasteiger partial charge < -0.3 is 20.1 Å². The summed E-state index contributed by atoms with van der Waals surface area (Å²) in [6.07, 6.45) is 0.271. The third kappa shape index (κ3) is 7.87. The predicted molar refractivity (Wildman–Crippen MR) is 93.1 cm³/mol. The number of amides is 2. The minimum Gasteiger partial charge on any atom is -0.481 e. The molecule has 0 spiro atoms. The number of benzene rings is 1. The average molecular weight is 354 g/mol. The van der Waals surface area contributed by atoms with Crippen LogP contribution in [0.2, 0.25) is 0 Å². The van der Waals surface area contributed by atoms with E-state index in [1.165, 1.54) is 12.0 Å². The fourth-order valence-corrected chi connectivity index (χ4v) is 2.64. The second-order valence-electron chi connectivity index (χ2n) is 5.07. The summed E-state index contributed by atoms with van der Waals surface area (Å²) in [5.41, 5.74) is 1.67. The highest BCUT2D eigenvalue weighted by Gasteiger charge is 2.10. The Morgan fingerprint density at radius 3 is 2.71 bits per heavy atom. The topological polar surface area (TPSA) is 95.9 Å². The molecule has 0 saturated carbocycles. The molecule has 0 bridgehead atoms. The van der Waals surface area contributed by atoms with Gasteiger partial charge in [0.15, 0.2) is 0 Å². The molecule has 0 unspecified atom stereocenters. The maximum Gasteiger partial charge on any atom is 0.321 e. The first-order chi connectivity index (χ1) is 11.4. The number of esters is 1. The highest BCUT2D eigenvalue weighted by Crippen LogP contribution is 2.17. The molecule has 0 heterocycles. The standard InChI is InChI=1S/C16H22N2O5S/c1-18(8-6-14(19)20)16(22)17-13-5-3-4-12(10-13)11-24-9-7-15(21)23-2/h3-5,10H,6-9,11H2,1-2H3,(H,17,22)(H,19,20). The van der Waals surface area contributed by atoms with Gasteiger partial charge in [0, 0.05) is 30.8 Å². The Labute approximate surface area is 145 Å². The predicted octanol–water partition coefficient (Wildman–Crippen LogP) is 2.42. The number of carbonyl (C=O) groups excluding carboxylic acids is 2. The van der Waals surface area contributed by atoms with Gasteiger partial charge in [-0.25, -0.2) is 4.79 Å². The number of hydrogen-bond acceptors (Lipinski definition) is 5. The lowest BCUT2D eigenvalue weighted by Gasteiger charge is -2.17. The summed E-state index contributed by atoms with van der Waals surface area (Å²) in [6, 6.07) is 7.05. The lowest BCUT2D eigenvalue weighted by Crippen LogP contribution is -2.33. The number of carbonyl (C=O) groups is 3. The van der Waals surface area contributed by atoms with Gasteiger partial charge in [-0.1, -0.05) is 12.1 Å². The monoisotopic (exact) mass is 354 g/mol. The van der Waals surface area contributed by atoms with Crippen LogP contribution in [0.25, 0.3) is 0 Å². The largest absolute Gasteiger partial charge is 0.481 e. The van der Waals surface area contributed by atoms with Gasteiger partial charge in [0.25, 0.3) is 0 Å². The van der Waals surface area contributed by atoms with E-state index in [1.54, 1.807) is 24.9 Å². The third-order valence-corrected chi connectivity index (χ3v) is 4.16. The number of carboxylic acid groups (broad SMARTS) is 1. The number of thioether (sulfide) groups is 1. The molecule has 1 aromatic rings. The van der Waals surface area contributed by atoms with Gasteiger partial charge in [-0.3, -0.25) is 9.59 Å². The molecule has 24 heavy (non-hydrogen) atoms. The van der Waals surface area contributed by atoms with Crippen molar-refractivity contribution in [3.63, 3.8) is 0 Å². The summed E-state index contributed by atoms with van der Waals surface area (Å²) in [4.78, 5) is 34.9. The highest BCUT2D eigenvalue weighted by atomic mass is 32.2. The van der Waals surface area contributed by atoms with Crippen molar-refractivity contribution in [3.05, 3.63) is 29.8 Å². The summed E-state index contributed by atoms with van der Waals surface area (Å²) in [6.45, 7) is 0.143. The number of nitrogens with one attached hydrogen (secondary N) is 1. The number of anilines is 1. The number of urea groups is 1. The molecule has 1 rings (SSSR count). The molecule has 2 amide bonds. The van der Waals surface area contributed by atoms with Crippen LogP contribution < -0.4 is 5.32 Å². The number of nitrogens with zero attached hydrogens (tertiary/aromatic N) is 1. The van der Waals surface area contributed by atoms with Crippen molar-refractivity contribution in [1.29, 1.82) is 0 Å². The zero-order valence-corrected chi connectivity index (χ0v) is 14.6. The number of methoxy groups -OCH3 is 1. The number of aliphatic carboxylic acids is 1. The number of ether oxygens (including phenoxy) is 1. The molecule has 0 aliphatic carbocycles. The van der Waals surface area contributed by atoms with E-state index in [-0.39, 0.29) is 25.0 Å². The van der Waals surface area contributed by atoms with Gasteiger partial charge in [0.05, 0.1) is 20.0 Å². The highest BCUT2D eigenvalue weighted by molar-refractivity contribution is 7.98. The van der Waals surface area contributed by atoms with E-state index >= 15 is 0 Å².